The average molecular weight is 251 g/mol. The van der Waals surface area contributed by atoms with Gasteiger partial charge in [-0.25, -0.2) is 0 Å². The first kappa shape index (κ1) is 11.5. The Balaban J connectivity index is 2.43. The van der Waals surface area contributed by atoms with Gasteiger partial charge in [-0.15, -0.1) is 11.6 Å². The van der Waals surface area contributed by atoms with Crippen LogP contribution in [0.25, 0.3) is 10.8 Å². The summed E-state index contributed by atoms with van der Waals surface area (Å²) < 4.78 is 0. The summed E-state index contributed by atoms with van der Waals surface area (Å²) in [6.45, 7) is 1.83. The molecule has 0 saturated carbocycles. The molecule has 82 valence electrons. The minimum atomic E-state index is -0.165. The van der Waals surface area contributed by atoms with E-state index >= 15 is 0 Å². The summed E-state index contributed by atoms with van der Waals surface area (Å²) >= 11 is 12.1. The van der Waals surface area contributed by atoms with E-state index in [0.29, 0.717) is 5.03 Å². The molecule has 0 fully saturated rings. The van der Waals surface area contributed by atoms with Crippen LogP contribution in [-0.2, 0) is 0 Å². The molecule has 0 N–H and O–H groups in total. The van der Waals surface area contributed by atoms with E-state index in [1.807, 2.05) is 31.2 Å². The molecular formula is C14H12Cl2. The van der Waals surface area contributed by atoms with Crippen molar-refractivity contribution in [3.05, 3.63) is 59.1 Å². The minimum absolute atomic E-state index is 0.165. The third-order valence-corrected chi connectivity index (χ3v) is 2.97. The van der Waals surface area contributed by atoms with Gasteiger partial charge in [0, 0.05) is 5.03 Å². The van der Waals surface area contributed by atoms with E-state index in [4.69, 9.17) is 23.2 Å². The molecule has 2 aromatic rings. The molecule has 0 heterocycles. The van der Waals surface area contributed by atoms with Crippen molar-refractivity contribution in [1.29, 1.82) is 0 Å². The molecule has 0 saturated heterocycles. The Kier molecular flexibility index (Phi) is 3.52. The Labute approximate surface area is 105 Å². The quantitative estimate of drug-likeness (QED) is 0.638. The van der Waals surface area contributed by atoms with Gasteiger partial charge in [0.2, 0.25) is 0 Å². The van der Waals surface area contributed by atoms with Gasteiger partial charge in [-0.3, -0.25) is 0 Å². The van der Waals surface area contributed by atoms with Crippen LogP contribution < -0.4 is 0 Å². The lowest BCUT2D eigenvalue weighted by Crippen LogP contribution is -1.86. The van der Waals surface area contributed by atoms with Gasteiger partial charge >= 0.3 is 0 Å². The number of fused-ring (bicyclic) bond motifs is 1. The molecule has 0 radical (unpaired) electrons. The molecule has 2 heteroatoms. The van der Waals surface area contributed by atoms with Crippen molar-refractivity contribution in [3.63, 3.8) is 0 Å². The molecule has 0 aliphatic rings. The Morgan fingerprint density at radius 3 is 2.50 bits per heavy atom. The predicted octanol–water partition coefficient (Wildman–Crippen LogP) is 5.26. The van der Waals surface area contributed by atoms with Crippen molar-refractivity contribution >= 4 is 34.0 Å². The minimum Gasteiger partial charge on any atom is -0.113 e. The lowest BCUT2D eigenvalue weighted by atomic mass is 10.0. The number of rotatable bonds is 2. The molecule has 1 unspecified atom stereocenters. The normalized spacial score (nSPS) is 14.1. The summed E-state index contributed by atoms with van der Waals surface area (Å²) in [7, 11) is 0. The number of hydrogen-bond donors (Lipinski definition) is 0. The molecule has 0 amide bonds. The average Bonchev–Trinajstić information content (AvgIpc) is 2.27. The highest BCUT2D eigenvalue weighted by Gasteiger charge is 2.05. The first-order chi connectivity index (χ1) is 7.66. The summed E-state index contributed by atoms with van der Waals surface area (Å²) in [4.78, 5) is 0. The highest BCUT2D eigenvalue weighted by molar-refractivity contribution is 6.30. The molecule has 16 heavy (non-hydrogen) atoms. The Bertz CT molecular complexity index is 525. The fourth-order valence-electron chi connectivity index (χ4n) is 1.68. The van der Waals surface area contributed by atoms with E-state index < -0.39 is 0 Å². The number of hydrogen-bond acceptors (Lipinski definition) is 0. The standard InChI is InChI=1S/C14H12Cl2/c1-10(15)8-14(16)13-7-6-11-4-2-3-5-12(11)9-13/h2-9,14H,1H3. The van der Waals surface area contributed by atoms with Gasteiger partial charge in [-0.05, 0) is 35.4 Å². The van der Waals surface area contributed by atoms with Gasteiger partial charge in [0.15, 0.2) is 0 Å². The maximum Gasteiger partial charge on any atom is 0.0780 e. The fourth-order valence-corrected chi connectivity index (χ4v) is 2.19. The Hall–Kier alpha value is -0.980. The second kappa shape index (κ2) is 4.90. The Morgan fingerprint density at radius 1 is 1.12 bits per heavy atom. The van der Waals surface area contributed by atoms with Crippen molar-refractivity contribution in [1.82, 2.24) is 0 Å². The van der Waals surface area contributed by atoms with Gasteiger partial charge < -0.3 is 0 Å². The molecule has 0 bridgehead atoms. The van der Waals surface area contributed by atoms with Gasteiger partial charge in [-0.2, -0.15) is 0 Å². The van der Waals surface area contributed by atoms with E-state index in [1.54, 1.807) is 0 Å². The smallest absolute Gasteiger partial charge is 0.0780 e. The Morgan fingerprint density at radius 2 is 1.81 bits per heavy atom. The van der Waals surface area contributed by atoms with Crippen LogP contribution in [0.2, 0.25) is 0 Å². The molecule has 2 aromatic carbocycles. The predicted molar refractivity (Wildman–Crippen MR) is 72.2 cm³/mol. The highest BCUT2D eigenvalue weighted by atomic mass is 35.5. The van der Waals surface area contributed by atoms with Crippen LogP contribution in [0.4, 0.5) is 0 Å². The zero-order valence-corrected chi connectivity index (χ0v) is 10.5. The molecule has 0 spiro atoms. The summed E-state index contributed by atoms with van der Waals surface area (Å²) in [6.07, 6.45) is 1.84. The first-order valence-electron chi connectivity index (χ1n) is 5.13. The topological polar surface area (TPSA) is 0 Å². The van der Waals surface area contributed by atoms with Crippen molar-refractivity contribution < 1.29 is 0 Å². The number of alkyl halides is 1. The molecule has 0 aliphatic carbocycles. The van der Waals surface area contributed by atoms with Crippen molar-refractivity contribution in [3.8, 4) is 0 Å². The van der Waals surface area contributed by atoms with E-state index in [2.05, 4.69) is 24.3 Å². The number of benzene rings is 2. The summed E-state index contributed by atoms with van der Waals surface area (Å²) in [5.74, 6) is 0. The molecule has 2 rings (SSSR count). The summed E-state index contributed by atoms with van der Waals surface area (Å²) in [6, 6.07) is 14.4. The van der Waals surface area contributed by atoms with E-state index in [1.165, 1.54) is 10.8 Å². The van der Waals surface area contributed by atoms with E-state index in [0.717, 1.165) is 5.56 Å². The van der Waals surface area contributed by atoms with Crippen molar-refractivity contribution in [2.24, 2.45) is 0 Å². The van der Waals surface area contributed by atoms with Crippen LogP contribution >= 0.6 is 23.2 Å². The number of halogens is 2. The second-order valence-electron chi connectivity index (χ2n) is 3.76. The van der Waals surface area contributed by atoms with Crippen LogP contribution in [0.15, 0.2) is 53.6 Å². The van der Waals surface area contributed by atoms with Gasteiger partial charge in [0.1, 0.15) is 0 Å². The second-order valence-corrected chi connectivity index (χ2v) is 4.83. The molecule has 0 aromatic heterocycles. The maximum absolute atomic E-state index is 6.24. The lowest BCUT2D eigenvalue weighted by Gasteiger charge is -2.06. The van der Waals surface area contributed by atoms with Crippen LogP contribution in [-0.4, -0.2) is 0 Å². The highest BCUT2D eigenvalue weighted by Crippen LogP contribution is 2.27. The third kappa shape index (κ3) is 2.58. The van der Waals surface area contributed by atoms with Crippen LogP contribution in [0, 0.1) is 0 Å². The van der Waals surface area contributed by atoms with E-state index in [9.17, 15) is 0 Å². The molecular weight excluding hydrogens is 239 g/mol. The van der Waals surface area contributed by atoms with Gasteiger partial charge in [0.05, 0.1) is 5.38 Å². The monoisotopic (exact) mass is 250 g/mol. The molecule has 0 nitrogen and oxygen atoms in total. The third-order valence-electron chi connectivity index (χ3n) is 2.47. The summed E-state index contributed by atoms with van der Waals surface area (Å²) in [5, 5.41) is 2.98. The zero-order chi connectivity index (χ0) is 11.5. The summed E-state index contributed by atoms with van der Waals surface area (Å²) in [5.41, 5.74) is 1.07. The van der Waals surface area contributed by atoms with Crippen LogP contribution in [0.3, 0.4) is 0 Å². The largest absolute Gasteiger partial charge is 0.113 e. The van der Waals surface area contributed by atoms with Gasteiger partial charge in [-0.1, -0.05) is 48.0 Å². The van der Waals surface area contributed by atoms with Crippen LogP contribution in [0.5, 0.6) is 0 Å². The van der Waals surface area contributed by atoms with Gasteiger partial charge in [0.25, 0.3) is 0 Å². The SMILES string of the molecule is CC(Cl)=CC(Cl)c1ccc2ccccc2c1. The molecule has 0 aliphatic heterocycles. The lowest BCUT2D eigenvalue weighted by molar-refractivity contribution is 1.21. The molecule has 1 atom stereocenters. The van der Waals surface area contributed by atoms with E-state index in [-0.39, 0.29) is 5.38 Å². The number of allylic oxidation sites excluding steroid dienone is 2. The van der Waals surface area contributed by atoms with Crippen LogP contribution in [0.1, 0.15) is 17.9 Å². The maximum atomic E-state index is 6.24. The van der Waals surface area contributed by atoms with Crippen molar-refractivity contribution in [2.45, 2.75) is 12.3 Å². The van der Waals surface area contributed by atoms with Crippen molar-refractivity contribution in [2.75, 3.05) is 0 Å². The first-order valence-corrected chi connectivity index (χ1v) is 5.95. The fraction of sp³-hybridized carbons (Fsp3) is 0.143. The zero-order valence-electron chi connectivity index (χ0n) is 8.95.